The fourth-order valence-corrected chi connectivity index (χ4v) is 3.18. The van der Waals surface area contributed by atoms with Gasteiger partial charge >= 0.3 is 0 Å². The smallest absolute Gasteiger partial charge is 0.186 e. The molecule has 0 bridgehead atoms. The molecule has 0 amide bonds. The Labute approximate surface area is 141 Å². The summed E-state index contributed by atoms with van der Waals surface area (Å²) in [6.45, 7) is 0.386. The van der Waals surface area contributed by atoms with Gasteiger partial charge in [-0.25, -0.2) is 0 Å². The first-order chi connectivity index (χ1) is 11.7. The molecule has 0 spiro atoms. The van der Waals surface area contributed by atoms with Gasteiger partial charge in [0, 0.05) is 26.9 Å². The van der Waals surface area contributed by atoms with Gasteiger partial charge in [0.05, 0.1) is 13.7 Å². The van der Waals surface area contributed by atoms with Crippen LogP contribution < -0.4 is 4.74 Å². The van der Waals surface area contributed by atoms with Crippen LogP contribution in [0.2, 0.25) is 0 Å². The Morgan fingerprint density at radius 1 is 0.875 bits per heavy atom. The number of fused-ring (bicyclic) bond motifs is 1. The first-order valence-corrected chi connectivity index (χ1v) is 7.86. The molecule has 1 aromatic rings. The Balaban J connectivity index is 1.76. The largest absolute Gasteiger partial charge is 0.497 e. The van der Waals surface area contributed by atoms with E-state index in [1.165, 1.54) is 0 Å². The zero-order valence-electron chi connectivity index (χ0n) is 14.3. The predicted molar refractivity (Wildman–Crippen MR) is 83.8 cm³/mol. The van der Waals surface area contributed by atoms with Crippen LogP contribution in [0.15, 0.2) is 24.3 Å². The van der Waals surface area contributed by atoms with E-state index in [0.717, 1.165) is 11.3 Å². The standard InChI is InChI=1S/C17H24O7/c1-18-11-7-5-10(6-8-11)16-22-9-12-13(24-16)14(19-2)15(20-3)17(21-4)23-12/h5-8,12-17H,9H2,1-4H3/t12-,13-,14+,15-,16+,17-/m1/s1. The lowest BCUT2D eigenvalue weighted by molar-refractivity contribution is -0.363. The van der Waals surface area contributed by atoms with Crippen molar-refractivity contribution in [3.05, 3.63) is 29.8 Å². The molecule has 0 saturated carbocycles. The summed E-state index contributed by atoms with van der Waals surface area (Å²) in [6.07, 6.45) is -2.30. The molecule has 7 heteroatoms. The highest BCUT2D eigenvalue weighted by molar-refractivity contribution is 5.28. The third-order valence-electron chi connectivity index (χ3n) is 4.45. The van der Waals surface area contributed by atoms with Crippen LogP contribution in [0.4, 0.5) is 0 Å². The molecule has 2 aliphatic heterocycles. The first kappa shape index (κ1) is 17.6. The van der Waals surface area contributed by atoms with Gasteiger partial charge in [0.1, 0.15) is 30.2 Å². The number of hydrogen-bond donors (Lipinski definition) is 0. The quantitative estimate of drug-likeness (QED) is 0.805. The van der Waals surface area contributed by atoms with Gasteiger partial charge < -0.3 is 33.2 Å². The molecule has 2 aliphatic rings. The average Bonchev–Trinajstić information content (AvgIpc) is 2.65. The Hall–Kier alpha value is -1.22. The van der Waals surface area contributed by atoms with E-state index in [-0.39, 0.29) is 24.4 Å². The molecule has 7 nitrogen and oxygen atoms in total. The van der Waals surface area contributed by atoms with Crippen LogP contribution in [-0.2, 0) is 28.4 Å². The fourth-order valence-electron chi connectivity index (χ4n) is 3.18. The SMILES string of the molecule is COc1ccc([C@H]2OC[C@H]3O[C@@H](OC)[C@H](OC)[C@@H](OC)[C@@H]3O2)cc1. The van der Waals surface area contributed by atoms with Gasteiger partial charge in [-0.3, -0.25) is 0 Å². The second-order valence-corrected chi connectivity index (χ2v) is 5.72. The Morgan fingerprint density at radius 2 is 1.58 bits per heavy atom. The summed E-state index contributed by atoms with van der Waals surface area (Å²) in [5, 5.41) is 0. The van der Waals surface area contributed by atoms with Gasteiger partial charge in [-0.1, -0.05) is 12.1 Å². The van der Waals surface area contributed by atoms with Gasteiger partial charge in [-0.15, -0.1) is 0 Å². The fraction of sp³-hybridized carbons (Fsp3) is 0.647. The molecule has 2 saturated heterocycles. The number of hydrogen-bond acceptors (Lipinski definition) is 7. The first-order valence-electron chi connectivity index (χ1n) is 7.86. The van der Waals surface area contributed by atoms with Gasteiger partial charge in [-0.2, -0.15) is 0 Å². The summed E-state index contributed by atoms with van der Waals surface area (Å²) in [4.78, 5) is 0. The van der Waals surface area contributed by atoms with E-state index in [2.05, 4.69) is 0 Å². The third kappa shape index (κ3) is 3.28. The topological polar surface area (TPSA) is 64.6 Å². The molecule has 134 valence electrons. The number of ether oxygens (including phenoxy) is 7. The van der Waals surface area contributed by atoms with Crippen molar-refractivity contribution in [1.29, 1.82) is 0 Å². The van der Waals surface area contributed by atoms with E-state index < -0.39 is 12.6 Å². The molecular formula is C17H24O7. The number of benzene rings is 1. The van der Waals surface area contributed by atoms with Crippen molar-refractivity contribution in [2.75, 3.05) is 35.0 Å². The van der Waals surface area contributed by atoms with Crippen molar-refractivity contribution in [2.45, 2.75) is 37.0 Å². The summed E-state index contributed by atoms with van der Waals surface area (Å²) in [5.41, 5.74) is 0.909. The summed E-state index contributed by atoms with van der Waals surface area (Å²) in [5.74, 6) is 0.783. The molecule has 2 fully saturated rings. The second kappa shape index (κ2) is 7.77. The normalized spacial score (nSPS) is 36.2. The van der Waals surface area contributed by atoms with Crippen LogP contribution in [0.1, 0.15) is 11.9 Å². The van der Waals surface area contributed by atoms with Crippen LogP contribution in [0.5, 0.6) is 5.75 Å². The number of rotatable bonds is 5. The minimum Gasteiger partial charge on any atom is -0.497 e. The van der Waals surface area contributed by atoms with Gasteiger partial charge in [-0.05, 0) is 12.1 Å². The van der Waals surface area contributed by atoms with E-state index in [1.807, 2.05) is 24.3 Å². The van der Waals surface area contributed by atoms with E-state index >= 15 is 0 Å². The molecule has 0 aromatic heterocycles. The van der Waals surface area contributed by atoms with Crippen molar-refractivity contribution in [3.63, 3.8) is 0 Å². The molecule has 0 N–H and O–H groups in total. The molecule has 0 radical (unpaired) electrons. The third-order valence-corrected chi connectivity index (χ3v) is 4.45. The van der Waals surface area contributed by atoms with Crippen molar-refractivity contribution in [3.8, 4) is 5.75 Å². The molecule has 24 heavy (non-hydrogen) atoms. The van der Waals surface area contributed by atoms with E-state index in [1.54, 1.807) is 28.4 Å². The van der Waals surface area contributed by atoms with Gasteiger partial charge in [0.25, 0.3) is 0 Å². The summed E-state index contributed by atoms with van der Waals surface area (Å²) < 4.78 is 39.5. The van der Waals surface area contributed by atoms with Crippen LogP contribution in [0, 0.1) is 0 Å². The minimum absolute atomic E-state index is 0.277. The molecule has 0 aliphatic carbocycles. The Bertz CT molecular complexity index is 520. The Kier molecular flexibility index (Phi) is 5.70. The molecule has 6 atom stereocenters. The van der Waals surface area contributed by atoms with Crippen molar-refractivity contribution < 1.29 is 33.2 Å². The lowest BCUT2D eigenvalue weighted by atomic mass is 9.97. The van der Waals surface area contributed by atoms with Crippen LogP contribution in [0.3, 0.4) is 0 Å². The summed E-state index contributed by atoms with van der Waals surface area (Å²) in [6, 6.07) is 7.58. The molecule has 0 unspecified atom stereocenters. The molecular weight excluding hydrogens is 316 g/mol. The maximum Gasteiger partial charge on any atom is 0.186 e. The van der Waals surface area contributed by atoms with Crippen molar-refractivity contribution >= 4 is 0 Å². The minimum atomic E-state index is -0.522. The second-order valence-electron chi connectivity index (χ2n) is 5.72. The summed E-state index contributed by atoms with van der Waals surface area (Å²) >= 11 is 0. The van der Waals surface area contributed by atoms with Crippen molar-refractivity contribution in [1.82, 2.24) is 0 Å². The maximum atomic E-state index is 6.13. The van der Waals surface area contributed by atoms with E-state index in [0.29, 0.717) is 6.61 Å². The van der Waals surface area contributed by atoms with Crippen LogP contribution in [-0.4, -0.2) is 65.8 Å². The highest BCUT2D eigenvalue weighted by Crippen LogP contribution is 2.36. The highest BCUT2D eigenvalue weighted by Gasteiger charge is 2.50. The van der Waals surface area contributed by atoms with E-state index in [9.17, 15) is 0 Å². The monoisotopic (exact) mass is 340 g/mol. The van der Waals surface area contributed by atoms with E-state index in [4.69, 9.17) is 33.2 Å². The lowest BCUT2D eigenvalue weighted by Crippen LogP contribution is -2.63. The lowest BCUT2D eigenvalue weighted by Gasteiger charge is -2.48. The zero-order chi connectivity index (χ0) is 17.1. The summed E-state index contributed by atoms with van der Waals surface area (Å²) in [7, 11) is 6.45. The van der Waals surface area contributed by atoms with Crippen molar-refractivity contribution in [2.24, 2.45) is 0 Å². The molecule has 1 aromatic carbocycles. The number of methoxy groups -OCH3 is 4. The highest BCUT2D eigenvalue weighted by atomic mass is 16.8. The average molecular weight is 340 g/mol. The Morgan fingerprint density at radius 3 is 2.17 bits per heavy atom. The van der Waals surface area contributed by atoms with Gasteiger partial charge in [0.15, 0.2) is 12.6 Å². The van der Waals surface area contributed by atoms with Crippen LogP contribution >= 0.6 is 0 Å². The maximum absolute atomic E-state index is 6.13. The van der Waals surface area contributed by atoms with Crippen LogP contribution in [0.25, 0.3) is 0 Å². The molecule has 3 rings (SSSR count). The zero-order valence-corrected chi connectivity index (χ0v) is 14.3. The molecule has 2 heterocycles. The van der Waals surface area contributed by atoms with Gasteiger partial charge in [0.2, 0.25) is 0 Å². The predicted octanol–water partition coefficient (Wildman–Crippen LogP) is 1.51.